The van der Waals surface area contributed by atoms with Crippen LogP contribution in [0.15, 0.2) is 5.16 Å². The highest BCUT2D eigenvalue weighted by molar-refractivity contribution is 8.00. The summed E-state index contributed by atoms with van der Waals surface area (Å²) in [6, 6.07) is 1.83. The summed E-state index contributed by atoms with van der Waals surface area (Å²) in [6.45, 7) is 7.56. The highest BCUT2D eigenvalue weighted by Gasteiger charge is 2.24. The number of ether oxygens (including phenoxy) is 1. The molecule has 0 saturated heterocycles. The van der Waals surface area contributed by atoms with E-state index < -0.39 is 5.25 Å². The Kier molecular flexibility index (Phi) is 8.58. The van der Waals surface area contributed by atoms with Crippen molar-refractivity contribution < 1.29 is 14.3 Å². The number of esters is 1. The summed E-state index contributed by atoms with van der Waals surface area (Å²) < 4.78 is 6.31. The Bertz CT molecular complexity index is 666. The van der Waals surface area contributed by atoms with E-state index in [9.17, 15) is 14.9 Å². The van der Waals surface area contributed by atoms with Crippen molar-refractivity contribution in [2.24, 2.45) is 0 Å². The number of thioether (sulfide) groups is 1. The van der Waals surface area contributed by atoms with Gasteiger partial charge in [-0.1, -0.05) is 25.6 Å². The fraction of sp³-hybridized carbons (Fsp3) is 0.706. The number of amides is 1. The van der Waals surface area contributed by atoms with Crippen molar-refractivity contribution in [3.63, 3.8) is 0 Å². The first-order valence-corrected chi connectivity index (χ1v) is 9.51. The molecule has 144 valence electrons. The summed E-state index contributed by atoms with van der Waals surface area (Å²) in [4.78, 5) is 29.9. The van der Waals surface area contributed by atoms with Crippen molar-refractivity contribution in [2.45, 2.75) is 69.4 Å². The van der Waals surface area contributed by atoms with Gasteiger partial charge < -0.3 is 9.64 Å². The molecule has 1 amide bonds. The lowest BCUT2D eigenvalue weighted by Crippen LogP contribution is -2.29. The number of rotatable bonds is 8. The molecule has 2 unspecified atom stereocenters. The second kappa shape index (κ2) is 10.2. The van der Waals surface area contributed by atoms with Crippen LogP contribution in [0.5, 0.6) is 0 Å². The van der Waals surface area contributed by atoms with Gasteiger partial charge in [0.2, 0.25) is 0 Å². The lowest BCUT2D eigenvalue weighted by atomic mass is 10.1. The number of carbonyl (C=O) groups is 2. The number of nitriles is 1. The Morgan fingerprint density at radius 3 is 2.50 bits per heavy atom. The highest BCUT2D eigenvalue weighted by atomic mass is 32.2. The average Bonchev–Trinajstić information content (AvgIpc) is 2.99. The van der Waals surface area contributed by atoms with E-state index in [1.807, 2.05) is 13.8 Å². The minimum absolute atomic E-state index is 0.104. The Labute approximate surface area is 158 Å². The van der Waals surface area contributed by atoms with Crippen LogP contribution in [0.1, 0.15) is 58.7 Å². The lowest BCUT2D eigenvalue weighted by molar-refractivity contribution is -0.147. The second-order valence-electron chi connectivity index (χ2n) is 6.46. The van der Waals surface area contributed by atoms with Crippen LogP contribution < -0.4 is 0 Å². The quantitative estimate of drug-likeness (QED) is 0.504. The molecule has 2 atom stereocenters. The minimum atomic E-state index is -0.530. The number of hydrogen-bond donors (Lipinski definition) is 0. The molecule has 0 aromatic carbocycles. The summed E-state index contributed by atoms with van der Waals surface area (Å²) in [5, 5.41) is 13.6. The van der Waals surface area contributed by atoms with Gasteiger partial charge in [0.15, 0.2) is 11.0 Å². The zero-order valence-corrected chi connectivity index (χ0v) is 17.0. The van der Waals surface area contributed by atoms with E-state index in [0.29, 0.717) is 17.4 Å². The first-order valence-electron chi connectivity index (χ1n) is 8.63. The predicted molar refractivity (Wildman–Crippen MR) is 98.9 cm³/mol. The molecule has 9 heteroatoms. The van der Waals surface area contributed by atoms with E-state index in [4.69, 9.17) is 4.74 Å². The fourth-order valence-corrected chi connectivity index (χ4v) is 2.85. The second-order valence-corrected chi connectivity index (χ2v) is 7.63. The van der Waals surface area contributed by atoms with Crippen LogP contribution in [0.2, 0.25) is 0 Å². The molecule has 1 rings (SSSR count). The number of aromatic nitrogens is 3. The molecular formula is C17H27N5O3S. The lowest BCUT2D eigenvalue weighted by Gasteiger charge is -2.13. The molecule has 0 aliphatic carbocycles. The Morgan fingerprint density at radius 1 is 1.35 bits per heavy atom. The summed E-state index contributed by atoms with van der Waals surface area (Å²) >= 11 is 1.14. The molecule has 0 radical (unpaired) electrons. The van der Waals surface area contributed by atoms with Crippen LogP contribution in [0.25, 0.3) is 0 Å². The first kappa shape index (κ1) is 22.0. The monoisotopic (exact) mass is 381 g/mol. The predicted octanol–water partition coefficient (Wildman–Crippen LogP) is 3.04. The summed E-state index contributed by atoms with van der Waals surface area (Å²) in [7, 11) is 3.26. The van der Waals surface area contributed by atoms with Gasteiger partial charge in [-0.15, -0.1) is 5.10 Å². The van der Waals surface area contributed by atoms with Gasteiger partial charge in [-0.3, -0.25) is 4.79 Å². The minimum Gasteiger partial charge on any atom is -0.463 e. The third-order valence-electron chi connectivity index (χ3n) is 3.58. The van der Waals surface area contributed by atoms with Crippen molar-refractivity contribution >= 4 is 23.8 Å². The SMILES string of the molecule is CCC(C)c1nc(SC(C#N)CCC(=O)OC(C)C)n(C(=O)N(C)C)n1. The van der Waals surface area contributed by atoms with E-state index in [2.05, 4.69) is 16.2 Å². The normalized spacial score (nSPS) is 13.2. The number of nitrogens with zero attached hydrogens (tertiary/aromatic N) is 5. The maximum atomic E-state index is 12.4. The van der Waals surface area contributed by atoms with Crippen molar-refractivity contribution in [1.29, 1.82) is 5.26 Å². The van der Waals surface area contributed by atoms with Crippen LogP contribution in [-0.4, -0.2) is 57.1 Å². The van der Waals surface area contributed by atoms with Crippen molar-refractivity contribution in [3.05, 3.63) is 5.82 Å². The van der Waals surface area contributed by atoms with E-state index in [0.717, 1.165) is 18.2 Å². The maximum absolute atomic E-state index is 12.4. The van der Waals surface area contributed by atoms with E-state index in [-0.39, 0.29) is 30.4 Å². The van der Waals surface area contributed by atoms with Gasteiger partial charge >= 0.3 is 12.0 Å². The van der Waals surface area contributed by atoms with Gasteiger partial charge in [-0.25, -0.2) is 9.78 Å². The summed E-state index contributed by atoms with van der Waals surface area (Å²) in [5.74, 6) is 0.334. The van der Waals surface area contributed by atoms with Crippen LogP contribution in [0, 0.1) is 11.3 Å². The van der Waals surface area contributed by atoms with E-state index in [1.165, 1.54) is 9.58 Å². The van der Waals surface area contributed by atoms with Gasteiger partial charge in [0.05, 0.1) is 17.4 Å². The van der Waals surface area contributed by atoms with Crippen LogP contribution >= 0.6 is 11.8 Å². The van der Waals surface area contributed by atoms with Gasteiger partial charge in [0.25, 0.3) is 0 Å². The molecule has 0 saturated carbocycles. The molecule has 1 heterocycles. The van der Waals surface area contributed by atoms with Crippen LogP contribution in [0.4, 0.5) is 4.79 Å². The standard InChI is InChI=1S/C17H27N5O3S/c1-7-12(4)15-19-16(22(20-15)17(24)21(5)6)26-13(10-18)8-9-14(23)25-11(2)3/h11-13H,7-9H2,1-6H3. The average molecular weight is 382 g/mol. The zero-order valence-electron chi connectivity index (χ0n) is 16.2. The molecule has 0 bridgehead atoms. The molecule has 0 aliphatic heterocycles. The van der Waals surface area contributed by atoms with E-state index >= 15 is 0 Å². The third kappa shape index (κ3) is 6.33. The van der Waals surface area contributed by atoms with Gasteiger partial charge in [-0.05, 0) is 26.7 Å². The van der Waals surface area contributed by atoms with Crippen molar-refractivity contribution in [3.8, 4) is 6.07 Å². The first-order chi connectivity index (χ1) is 12.2. The zero-order chi connectivity index (χ0) is 19.9. The highest BCUT2D eigenvalue weighted by Crippen LogP contribution is 2.27. The smallest absolute Gasteiger partial charge is 0.346 e. The fourth-order valence-electron chi connectivity index (χ4n) is 1.94. The molecule has 26 heavy (non-hydrogen) atoms. The molecule has 0 N–H and O–H groups in total. The van der Waals surface area contributed by atoms with Gasteiger partial charge in [0, 0.05) is 26.4 Å². The van der Waals surface area contributed by atoms with Crippen LogP contribution in [0.3, 0.4) is 0 Å². The molecule has 0 aliphatic rings. The third-order valence-corrected chi connectivity index (χ3v) is 4.68. The molecule has 1 aromatic rings. The van der Waals surface area contributed by atoms with E-state index in [1.54, 1.807) is 27.9 Å². The largest absolute Gasteiger partial charge is 0.463 e. The molecule has 8 nitrogen and oxygen atoms in total. The Morgan fingerprint density at radius 2 is 2.00 bits per heavy atom. The molecule has 0 fully saturated rings. The van der Waals surface area contributed by atoms with Gasteiger partial charge in [-0.2, -0.15) is 9.94 Å². The molecular weight excluding hydrogens is 354 g/mol. The van der Waals surface area contributed by atoms with Gasteiger partial charge in [0.1, 0.15) is 0 Å². The maximum Gasteiger partial charge on any atom is 0.346 e. The Balaban J connectivity index is 2.94. The number of hydrogen-bond acceptors (Lipinski definition) is 7. The topological polar surface area (TPSA) is 101 Å². The Hall–Kier alpha value is -2.08. The summed E-state index contributed by atoms with van der Waals surface area (Å²) in [6.07, 6.45) is 1.10. The number of carbonyl (C=O) groups excluding carboxylic acids is 2. The summed E-state index contributed by atoms with van der Waals surface area (Å²) in [5.41, 5.74) is 0. The van der Waals surface area contributed by atoms with Crippen LogP contribution in [-0.2, 0) is 9.53 Å². The van der Waals surface area contributed by atoms with Crippen molar-refractivity contribution in [2.75, 3.05) is 14.1 Å². The molecule has 0 spiro atoms. The van der Waals surface area contributed by atoms with Crippen molar-refractivity contribution in [1.82, 2.24) is 19.7 Å². The molecule has 1 aromatic heterocycles.